The molecule has 1 aromatic rings. The van der Waals surface area contributed by atoms with E-state index in [1.807, 2.05) is 0 Å². The van der Waals surface area contributed by atoms with Crippen LogP contribution in [-0.4, -0.2) is 18.2 Å². The van der Waals surface area contributed by atoms with Crippen LogP contribution in [0.2, 0.25) is 0 Å². The number of thiol groups is 1. The van der Waals surface area contributed by atoms with Crippen LogP contribution in [0.5, 0.6) is 0 Å². The van der Waals surface area contributed by atoms with Gasteiger partial charge in [-0.15, -0.1) is 0 Å². The van der Waals surface area contributed by atoms with E-state index in [-0.39, 0.29) is 17.6 Å². The van der Waals surface area contributed by atoms with E-state index in [0.29, 0.717) is 24.4 Å². The molecule has 0 bridgehead atoms. The van der Waals surface area contributed by atoms with Gasteiger partial charge in [-0.25, -0.2) is 4.39 Å². The van der Waals surface area contributed by atoms with Crippen molar-refractivity contribution in [2.24, 2.45) is 5.92 Å². The molecule has 1 saturated heterocycles. The molecule has 15 heavy (non-hydrogen) atoms. The zero-order chi connectivity index (χ0) is 10.8. The van der Waals surface area contributed by atoms with E-state index in [4.69, 9.17) is 0 Å². The number of anilines is 1. The maximum absolute atomic E-state index is 13.0. The van der Waals surface area contributed by atoms with E-state index in [1.165, 1.54) is 12.1 Å². The molecule has 1 atom stereocenters. The zero-order valence-corrected chi connectivity index (χ0v) is 9.08. The summed E-state index contributed by atoms with van der Waals surface area (Å²) in [4.78, 5) is 13.3. The van der Waals surface area contributed by atoms with Crippen LogP contribution in [0.4, 0.5) is 10.1 Å². The molecular weight excluding hydrogens is 213 g/mol. The topological polar surface area (TPSA) is 20.3 Å². The summed E-state index contributed by atoms with van der Waals surface area (Å²) >= 11 is 4.18. The Morgan fingerprint density at radius 1 is 1.53 bits per heavy atom. The first kappa shape index (κ1) is 10.5. The molecule has 1 heterocycles. The van der Waals surface area contributed by atoms with Crippen molar-refractivity contribution < 1.29 is 9.18 Å². The SMILES string of the molecule is O=C1CC(CS)CN1c1cccc(F)c1. The number of amides is 1. The fourth-order valence-corrected chi connectivity index (χ4v) is 2.04. The van der Waals surface area contributed by atoms with Gasteiger partial charge in [0.1, 0.15) is 5.82 Å². The standard InChI is InChI=1S/C11H12FNOS/c12-9-2-1-3-10(5-9)13-6-8(7-15)4-11(13)14/h1-3,5,8,15H,4,6-7H2. The first-order valence-electron chi connectivity index (χ1n) is 4.87. The van der Waals surface area contributed by atoms with Crippen molar-refractivity contribution in [2.45, 2.75) is 6.42 Å². The molecular formula is C11H12FNOS. The third kappa shape index (κ3) is 2.15. The van der Waals surface area contributed by atoms with Crippen LogP contribution in [0.3, 0.4) is 0 Å². The normalized spacial score (nSPS) is 21.1. The maximum atomic E-state index is 13.0. The third-order valence-electron chi connectivity index (χ3n) is 2.58. The van der Waals surface area contributed by atoms with Gasteiger partial charge in [0.05, 0.1) is 0 Å². The number of nitrogens with zero attached hydrogens (tertiary/aromatic N) is 1. The number of hydrogen-bond donors (Lipinski definition) is 1. The first-order chi connectivity index (χ1) is 7.20. The Labute approximate surface area is 93.5 Å². The second kappa shape index (κ2) is 4.23. The van der Waals surface area contributed by atoms with Crippen LogP contribution in [0.1, 0.15) is 6.42 Å². The fraction of sp³-hybridized carbons (Fsp3) is 0.364. The Bertz CT molecular complexity index is 383. The van der Waals surface area contributed by atoms with Gasteiger partial charge in [-0.1, -0.05) is 6.07 Å². The van der Waals surface area contributed by atoms with Crippen LogP contribution < -0.4 is 4.90 Å². The monoisotopic (exact) mass is 225 g/mol. The smallest absolute Gasteiger partial charge is 0.227 e. The van der Waals surface area contributed by atoms with Crippen molar-refractivity contribution in [2.75, 3.05) is 17.2 Å². The highest BCUT2D eigenvalue weighted by atomic mass is 32.1. The van der Waals surface area contributed by atoms with Crippen LogP contribution in [0, 0.1) is 11.7 Å². The molecule has 80 valence electrons. The van der Waals surface area contributed by atoms with Gasteiger partial charge in [0.2, 0.25) is 5.91 Å². The van der Waals surface area contributed by atoms with Crippen molar-refractivity contribution in [3.8, 4) is 0 Å². The molecule has 0 aliphatic carbocycles. The van der Waals surface area contributed by atoms with Crippen molar-refractivity contribution >= 4 is 24.2 Å². The molecule has 0 radical (unpaired) electrons. The lowest BCUT2D eigenvalue weighted by atomic mass is 10.1. The van der Waals surface area contributed by atoms with Gasteiger partial charge >= 0.3 is 0 Å². The molecule has 2 rings (SSSR count). The zero-order valence-electron chi connectivity index (χ0n) is 8.19. The highest BCUT2D eigenvalue weighted by Gasteiger charge is 2.29. The average Bonchev–Trinajstić information content (AvgIpc) is 2.60. The summed E-state index contributed by atoms with van der Waals surface area (Å²) in [6, 6.07) is 6.13. The van der Waals surface area contributed by atoms with Gasteiger partial charge in [0.15, 0.2) is 0 Å². The summed E-state index contributed by atoms with van der Waals surface area (Å²) in [6.07, 6.45) is 0.514. The molecule has 1 aliphatic heterocycles. The first-order valence-corrected chi connectivity index (χ1v) is 5.50. The van der Waals surface area contributed by atoms with Gasteiger partial charge < -0.3 is 4.90 Å². The summed E-state index contributed by atoms with van der Waals surface area (Å²) in [7, 11) is 0. The van der Waals surface area contributed by atoms with Crippen LogP contribution in [-0.2, 0) is 4.79 Å². The minimum absolute atomic E-state index is 0.0552. The average molecular weight is 225 g/mol. The quantitative estimate of drug-likeness (QED) is 0.764. The molecule has 1 aromatic carbocycles. The fourth-order valence-electron chi connectivity index (χ4n) is 1.80. The minimum Gasteiger partial charge on any atom is -0.312 e. The number of hydrogen-bond acceptors (Lipinski definition) is 2. The Morgan fingerprint density at radius 3 is 2.93 bits per heavy atom. The van der Waals surface area contributed by atoms with Crippen molar-refractivity contribution in [1.82, 2.24) is 0 Å². The van der Waals surface area contributed by atoms with E-state index >= 15 is 0 Å². The molecule has 1 fully saturated rings. The second-order valence-electron chi connectivity index (χ2n) is 3.74. The van der Waals surface area contributed by atoms with E-state index in [9.17, 15) is 9.18 Å². The van der Waals surface area contributed by atoms with E-state index < -0.39 is 0 Å². The molecule has 0 aromatic heterocycles. The number of carbonyl (C=O) groups excluding carboxylic acids is 1. The largest absolute Gasteiger partial charge is 0.312 e. The van der Waals surface area contributed by atoms with E-state index in [0.717, 1.165) is 0 Å². The molecule has 1 unspecified atom stereocenters. The van der Waals surface area contributed by atoms with Gasteiger partial charge in [0, 0.05) is 18.7 Å². The molecule has 0 saturated carbocycles. The highest BCUT2D eigenvalue weighted by Crippen LogP contribution is 2.25. The summed E-state index contributed by atoms with van der Waals surface area (Å²) < 4.78 is 13.0. The summed E-state index contributed by atoms with van der Waals surface area (Å²) in [5.74, 6) is 0.718. The summed E-state index contributed by atoms with van der Waals surface area (Å²) in [6.45, 7) is 0.645. The van der Waals surface area contributed by atoms with Crippen molar-refractivity contribution in [1.29, 1.82) is 0 Å². The van der Waals surface area contributed by atoms with Crippen molar-refractivity contribution in [3.63, 3.8) is 0 Å². The highest BCUT2D eigenvalue weighted by molar-refractivity contribution is 7.80. The van der Waals surface area contributed by atoms with Gasteiger partial charge in [-0.2, -0.15) is 12.6 Å². The van der Waals surface area contributed by atoms with Crippen LogP contribution >= 0.6 is 12.6 Å². The lowest BCUT2D eigenvalue weighted by molar-refractivity contribution is -0.117. The number of halogens is 1. The Morgan fingerprint density at radius 2 is 2.33 bits per heavy atom. The van der Waals surface area contributed by atoms with E-state index in [2.05, 4.69) is 12.6 Å². The van der Waals surface area contributed by atoms with Crippen LogP contribution in [0.15, 0.2) is 24.3 Å². The minimum atomic E-state index is -0.311. The van der Waals surface area contributed by atoms with Gasteiger partial charge in [-0.05, 0) is 29.9 Å². The number of rotatable bonds is 2. The molecule has 2 nitrogen and oxygen atoms in total. The Hall–Kier alpha value is -1.03. The molecule has 1 aliphatic rings. The maximum Gasteiger partial charge on any atom is 0.227 e. The summed E-state index contributed by atoms with van der Waals surface area (Å²) in [5.41, 5.74) is 0.643. The molecule has 0 spiro atoms. The molecule has 4 heteroatoms. The van der Waals surface area contributed by atoms with Crippen molar-refractivity contribution in [3.05, 3.63) is 30.1 Å². The van der Waals surface area contributed by atoms with Crippen LogP contribution in [0.25, 0.3) is 0 Å². The Kier molecular flexibility index (Phi) is 2.95. The lowest BCUT2D eigenvalue weighted by Crippen LogP contribution is -2.24. The van der Waals surface area contributed by atoms with Gasteiger partial charge in [-0.3, -0.25) is 4.79 Å². The Balaban J connectivity index is 2.21. The number of benzene rings is 1. The lowest BCUT2D eigenvalue weighted by Gasteiger charge is -2.16. The predicted octanol–water partition coefficient (Wildman–Crippen LogP) is 2.11. The number of carbonyl (C=O) groups is 1. The van der Waals surface area contributed by atoms with Gasteiger partial charge in [0.25, 0.3) is 0 Å². The molecule has 0 N–H and O–H groups in total. The summed E-state index contributed by atoms with van der Waals surface area (Å²) in [5, 5.41) is 0. The molecule has 1 amide bonds. The van der Waals surface area contributed by atoms with E-state index in [1.54, 1.807) is 17.0 Å². The third-order valence-corrected chi connectivity index (χ3v) is 3.10. The predicted molar refractivity (Wildman–Crippen MR) is 60.7 cm³/mol. The second-order valence-corrected chi connectivity index (χ2v) is 4.10.